The molecule has 0 atom stereocenters. The maximum Gasteiger partial charge on any atom is 0.200 e. The standard InChI is InChI=1S/C20H22FN3O2S/c1-20(2,3)27(25,26)19-7-5-14(11-22-19)24-9-8-18-16(12-24)15-10-13(21)4-6-17(15)23-18/h4-7,10-11,23H,8-9,12H2,1-3H3. The lowest BCUT2D eigenvalue weighted by molar-refractivity contribution is 0.556. The molecule has 4 rings (SSSR count). The molecule has 0 unspecified atom stereocenters. The predicted molar refractivity (Wildman–Crippen MR) is 104 cm³/mol. The minimum Gasteiger partial charge on any atom is -0.365 e. The average Bonchev–Trinajstić information content (AvgIpc) is 2.98. The number of rotatable bonds is 2. The van der Waals surface area contributed by atoms with Gasteiger partial charge in [-0.05, 0) is 51.1 Å². The molecule has 3 aromatic rings. The predicted octanol–water partition coefficient (Wildman–Crippen LogP) is 3.84. The number of pyridine rings is 1. The Hall–Kier alpha value is -2.41. The van der Waals surface area contributed by atoms with E-state index in [0.29, 0.717) is 6.54 Å². The number of nitrogens with one attached hydrogen (secondary N) is 1. The molecule has 0 aliphatic carbocycles. The lowest BCUT2D eigenvalue weighted by atomic mass is 10.0. The van der Waals surface area contributed by atoms with Crippen LogP contribution in [0.5, 0.6) is 0 Å². The molecule has 1 aliphatic heterocycles. The Morgan fingerprint density at radius 3 is 2.63 bits per heavy atom. The smallest absolute Gasteiger partial charge is 0.200 e. The number of H-pyrrole nitrogens is 1. The molecule has 0 fully saturated rings. The number of benzene rings is 1. The molecule has 0 saturated carbocycles. The lowest BCUT2D eigenvalue weighted by Gasteiger charge is -2.29. The average molecular weight is 387 g/mol. The third-order valence-corrected chi connectivity index (χ3v) is 7.51. The second-order valence-electron chi connectivity index (χ2n) is 7.91. The highest BCUT2D eigenvalue weighted by Gasteiger charge is 2.32. The van der Waals surface area contributed by atoms with Crippen LogP contribution in [0.2, 0.25) is 0 Å². The van der Waals surface area contributed by atoms with Crippen LogP contribution >= 0.6 is 0 Å². The third kappa shape index (κ3) is 3.00. The molecule has 142 valence electrons. The number of fused-ring (bicyclic) bond motifs is 3. The van der Waals surface area contributed by atoms with E-state index in [1.807, 2.05) is 0 Å². The summed E-state index contributed by atoms with van der Waals surface area (Å²) in [6.45, 7) is 6.42. The summed E-state index contributed by atoms with van der Waals surface area (Å²) in [5, 5.41) is 0.986. The summed E-state index contributed by atoms with van der Waals surface area (Å²) >= 11 is 0. The topological polar surface area (TPSA) is 66.1 Å². The van der Waals surface area contributed by atoms with E-state index in [9.17, 15) is 12.8 Å². The highest BCUT2D eigenvalue weighted by molar-refractivity contribution is 7.92. The first-order valence-corrected chi connectivity index (χ1v) is 10.4. The molecular formula is C20H22FN3O2S. The molecule has 0 saturated heterocycles. The fourth-order valence-corrected chi connectivity index (χ4v) is 4.51. The number of hydrogen-bond acceptors (Lipinski definition) is 4. The molecular weight excluding hydrogens is 365 g/mol. The van der Waals surface area contributed by atoms with Crippen molar-refractivity contribution in [2.45, 2.75) is 43.5 Å². The van der Waals surface area contributed by atoms with Crippen LogP contribution < -0.4 is 4.90 Å². The van der Waals surface area contributed by atoms with Crippen LogP contribution in [-0.4, -0.2) is 29.7 Å². The fraction of sp³-hybridized carbons (Fsp3) is 0.350. The van der Waals surface area contributed by atoms with Gasteiger partial charge in [0.25, 0.3) is 0 Å². The van der Waals surface area contributed by atoms with E-state index in [2.05, 4.69) is 14.9 Å². The summed E-state index contributed by atoms with van der Waals surface area (Å²) in [7, 11) is -3.47. The van der Waals surface area contributed by atoms with Gasteiger partial charge in [0.05, 0.1) is 16.6 Å². The Labute approximate surface area is 158 Å². The summed E-state index contributed by atoms with van der Waals surface area (Å²) < 4.78 is 37.8. The zero-order chi connectivity index (χ0) is 19.4. The molecule has 27 heavy (non-hydrogen) atoms. The molecule has 3 heterocycles. The number of sulfone groups is 1. The molecule has 1 aromatic carbocycles. The molecule has 7 heteroatoms. The van der Waals surface area contributed by atoms with Crippen molar-refractivity contribution in [3.05, 3.63) is 53.6 Å². The second kappa shape index (κ2) is 6.05. The molecule has 0 spiro atoms. The van der Waals surface area contributed by atoms with E-state index in [0.717, 1.165) is 40.8 Å². The Morgan fingerprint density at radius 2 is 1.96 bits per heavy atom. The molecule has 0 bridgehead atoms. The Balaban J connectivity index is 1.65. The van der Waals surface area contributed by atoms with Crippen LogP contribution in [0.15, 0.2) is 41.6 Å². The summed E-state index contributed by atoms with van der Waals surface area (Å²) in [6, 6.07) is 8.15. The van der Waals surface area contributed by atoms with Crippen molar-refractivity contribution in [2.75, 3.05) is 11.4 Å². The second-order valence-corrected chi connectivity index (χ2v) is 10.6. The minimum atomic E-state index is -3.47. The number of nitrogens with zero attached hydrogens (tertiary/aromatic N) is 2. The van der Waals surface area contributed by atoms with Crippen LogP contribution in [0, 0.1) is 5.82 Å². The Morgan fingerprint density at radius 1 is 1.19 bits per heavy atom. The maximum atomic E-state index is 13.7. The van der Waals surface area contributed by atoms with Gasteiger partial charge >= 0.3 is 0 Å². The van der Waals surface area contributed by atoms with Gasteiger partial charge in [0.2, 0.25) is 0 Å². The lowest BCUT2D eigenvalue weighted by Crippen LogP contribution is -2.31. The molecule has 1 N–H and O–H groups in total. The largest absolute Gasteiger partial charge is 0.365 e. The van der Waals surface area contributed by atoms with Crippen molar-refractivity contribution in [1.29, 1.82) is 0 Å². The van der Waals surface area contributed by atoms with Crippen molar-refractivity contribution >= 4 is 26.4 Å². The van der Waals surface area contributed by atoms with Gasteiger partial charge in [-0.15, -0.1) is 0 Å². The van der Waals surface area contributed by atoms with Crippen molar-refractivity contribution in [2.24, 2.45) is 0 Å². The highest BCUT2D eigenvalue weighted by Crippen LogP contribution is 2.31. The minimum absolute atomic E-state index is 0.0885. The summed E-state index contributed by atoms with van der Waals surface area (Å²) in [4.78, 5) is 9.73. The van der Waals surface area contributed by atoms with Crippen LogP contribution in [0.3, 0.4) is 0 Å². The van der Waals surface area contributed by atoms with E-state index in [4.69, 9.17) is 0 Å². The maximum absolute atomic E-state index is 13.7. The van der Waals surface area contributed by atoms with Gasteiger partial charge < -0.3 is 9.88 Å². The summed E-state index contributed by atoms with van der Waals surface area (Å²) in [6.07, 6.45) is 2.42. The van der Waals surface area contributed by atoms with Gasteiger partial charge in [-0.25, -0.2) is 17.8 Å². The van der Waals surface area contributed by atoms with Crippen LogP contribution in [-0.2, 0) is 22.8 Å². The Kier molecular flexibility index (Phi) is 4.03. The molecule has 5 nitrogen and oxygen atoms in total. The van der Waals surface area contributed by atoms with Crippen molar-refractivity contribution in [3.63, 3.8) is 0 Å². The zero-order valence-corrected chi connectivity index (χ0v) is 16.4. The quantitative estimate of drug-likeness (QED) is 0.726. The molecule has 1 aliphatic rings. The monoisotopic (exact) mass is 387 g/mol. The van der Waals surface area contributed by atoms with Gasteiger partial charge in [0, 0.05) is 41.7 Å². The van der Waals surface area contributed by atoms with Crippen LogP contribution in [0.1, 0.15) is 32.0 Å². The Bertz CT molecular complexity index is 1110. The van der Waals surface area contributed by atoms with E-state index in [1.165, 1.54) is 6.07 Å². The zero-order valence-electron chi connectivity index (χ0n) is 15.6. The van der Waals surface area contributed by atoms with E-state index in [1.54, 1.807) is 51.2 Å². The summed E-state index contributed by atoms with van der Waals surface area (Å²) in [5.74, 6) is -0.250. The number of anilines is 1. The SMILES string of the molecule is CC(C)(C)S(=O)(=O)c1ccc(N2CCc3[nH]c4ccc(F)cc4c3C2)cn1. The molecule has 0 amide bonds. The van der Waals surface area contributed by atoms with Gasteiger partial charge in [0.15, 0.2) is 14.9 Å². The molecule has 0 radical (unpaired) electrons. The highest BCUT2D eigenvalue weighted by atomic mass is 32.2. The summed E-state index contributed by atoms with van der Waals surface area (Å²) in [5.41, 5.74) is 4.01. The van der Waals surface area contributed by atoms with Gasteiger partial charge in [-0.3, -0.25) is 0 Å². The molecule has 2 aromatic heterocycles. The van der Waals surface area contributed by atoms with Gasteiger partial charge in [-0.2, -0.15) is 0 Å². The first kappa shape index (κ1) is 18.0. The van der Waals surface area contributed by atoms with Crippen LogP contribution in [0.25, 0.3) is 10.9 Å². The van der Waals surface area contributed by atoms with Crippen LogP contribution in [0.4, 0.5) is 10.1 Å². The van der Waals surface area contributed by atoms with Gasteiger partial charge in [0.1, 0.15) is 5.82 Å². The fourth-order valence-electron chi connectivity index (χ4n) is 3.44. The first-order chi connectivity index (χ1) is 12.7. The van der Waals surface area contributed by atoms with E-state index < -0.39 is 14.6 Å². The number of aromatic nitrogens is 2. The first-order valence-electron chi connectivity index (χ1n) is 8.91. The van der Waals surface area contributed by atoms with Crippen molar-refractivity contribution < 1.29 is 12.8 Å². The van der Waals surface area contributed by atoms with Crippen molar-refractivity contribution in [1.82, 2.24) is 9.97 Å². The van der Waals surface area contributed by atoms with E-state index in [-0.39, 0.29) is 10.8 Å². The third-order valence-electron chi connectivity index (χ3n) is 5.10. The normalized spacial score (nSPS) is 15.2. The number of aromatic amines is 1. The van der Waals surface area contributed by atoms with E-state index >= 15 is 0 Å². The van der Waals surface area contributed by atoms with Gasteiger partial charge in [-0.1, -0.05) is 0 Å². The number of hydrogen-bond donors (Lipinski definition) is 1. The number of halogens is 1. The van der Waals surface area contributed by atoms with Crippen molar-refractivity contribution in [3.8, 4) is 0 Å².